The highest BCUT2D eigenvalue weighted by molar-refractivity contribution is 6.30. The van der Waals surface area contributed by atoms with Gasteiger partial charge in [0.1, 0.15) is 6.26 Å². The van der Waals surface area contributed by atoms with Crippen LogP contribution in [0, 0.1) is 5.92 Å². The Bertz CT molecular complexity index is 537. The molecule has 0 fully saturated rings. The first kappa shape index (κ1) is 14.6. The Kier molecular flexibility index (Phi) is 5.21. The van der Waals surface area contributed by atoms with Gasteiger partial charge in [0.25, 0.3) is 5.91 Å². The summed E-state index contributed by atoms with van der Waals surface area (Å²) in [5.41, 5.74) is 1.55. The molecule has 2 aromatic rings. The van der Waals surface area contributed by atoms with Crippen LogP contribution in [0.15, 0.2) is 47.3 Å². The molecule has 5 heteroatoms. The normalized spacial score (nSPS) is 12.1. The predicted molar refractivity (Wildman–Crippen MR) is 76.8 cm³/mol. The molecule has 0 spiro atoms. The molecule has 2 N–H and O–H groups in total. The van der Waals surface area contributed by atoms with Crippen molar-refractivity contribution in [1.29, 1.82) is 0 Å². The standard InChI is InChI=1S/C15H16ClNO3/c16-14-3-1-11(2-4-14)7-12(9-18)8-17-15(19)13-5-6-20-10-13/h1-6,10,12,18H,7-9H2,(H,17,19)/t12-/m0/s1. The fourth-order valence-electron chi connectivity index (χ4n) is 1.89. The minimum Gasteiger partial charge on any atom is -0.472 e. The first-order valence-electron chi connectivity index (χ1n) is 6.34. The van der Waals surface area contributed by atoms with Crippen molar-refractivity contribution in [2.24, 2.45) is 5.92 Å². The van der Waals surface area contributed by atoms with Crippen molar-refractivity contribution in [1.82, 2.24) is 5.32 Å². The van der Waals surface area contributed by atoms with Gasteiger partial charge >= 0.3 is 0 Å². The maximum absolute atomic E-state index is 11.8. The molecule has 0 radical (unpaired) electrons. The van der Waals surface area contributed by atoms with Gasteiger partial charge in [-0.25, -0.2) is 0 Å². The van der Waals surface area contributed by atoms with Gasteiger partial charge < -0.3 is 14.8 Å². The van der Waals surface area contributed by atoms with E-state index in [1.54, 1.807) is 6.07 Å². The Morgan fingerprint density at radius 2 is 2.05 bits per heavy atom. The molecule has 1 heterocycles. The molecule has 1 atom stereocenters. The molecule has 1 amide bonds. The van der Waals surface area contributed by atoms with E-state index in [1.807, 2.05) is 24.3 Å². The van der Waals surface area contributed by atoms with Crippen molar-refractivity contribution in [3.8, 4) is 0 Å². The average Bonchev–Trinajstić information content (AvgIpc) is 2.99. The number of aliphatic hydroxyl groups excluding tert-OH is 1. The number of carbonyl (C=O) groups excluding carboxylic acids is 1. The Labute approximate surface area is 122 Å². The Morgan fingerprint density at radius 3 is 2.65 bits per heavy atom. The molecule has 2 rings (SSSR count). The van der Waals surface area contributed by atoms with Crippen LogP contribution in [0.3, 0.4) is 0 Å². The summed E-state index contributed by atoms with van der Waals surface area (Å²) in [6.07, 6.45) is 3.52. The van der Waals surface area contributed by atoms with Crippen LogP contribution < -0.4 is 5.32 Å². The number of halogens is 1. The maximum atomic E-state index is 11.8. The third-order valence-corrected chi connectivity index (χ3v) is 3.28. The lowest BCUT2D eigenvalue weighted by molar-refractivity contribution is 0.0939. The summed E-state index contributed by atoms with van der Waals surface area (Å²) in [5.74, 6) is -0.236. The fourth-order valence-corrected chi connectivity index (χ4v) is 2.01. The minimum atomic E-state index is -0.201. The third-order valence-electron chi connectivity index (χ3n) is 3.03. The van der Waals surface area contributed by atoms with Crippen molar-refractivity contribution in [2.45, 2.75) is 6.42 Å². The molecular formula is C15H16ClNO3. The molecule has 0 aliphatic carbocycles. The number of aliphatic hydroxyl groups is 1. The van der Waals surface area contributed by atoms with Crippen LogP contribution in [-0.2, 0) is 6.42 Å². The van der Waals surface area contributed by atoms with Gasteiger partial charge in [0.15, 0.2) is 0 Å². The van der Waals surface area contributed by atoms with Crippen molar-refractivity contribution in [2.75, 3.05) is 13.2 Å². The molecule has 0 bridgehead atoms. The number of nitrogens with one attached hydrogen (secondary N) is 1. The van der Waals surface area contributed by atoms with Gasteiger partial charge in [-0.2, -0.15) is 0 Å². The van der Waals surface area contributed by atoms with Crippen LogP contribution in [-0.4, -0.2) is 24.2 Å². The van der Waals surface area contributed by atoms with E-state index in [4.69, 9.17) is 16.0 Å². The maximum Gasteiger partial charge on any atom is 0.254 e. The molecule has 0 aliphatic rings. The molecule has 0 aliphatic heterocycles. The van der Waals surface area contributed by atoms with Crippen molar-refractivity contribution in [3.63, 3.8) is 0 Å². The summed E-state index contributed by atoms with van der Waals surface area (Å²) in [6, 6.07) is 9.07. The lowest BCUT2D eigenvalue weighted by atomic mass is 10.00. The summed E-state index contributed by atoms with van der Waals surface area (Å²) in [6.45, 7) is 0.414. The molecule has 0 saturated carbocycles. The largest absolute Gasteiger partial charge is 0.472 e. The SMILES string of the molecule is O=C(NC[C@@H](CO)Cc1ccc(Cl)cc1)c1ccoc1. The van der Waals surface area contributed by atoms with E-state index in [0.29, 0.717) is 23.6 Å². The fraction of sp³-hybridized carbons (Fsp3) is 0.267. The number of hydrogen-bond acceptors (Lipinski definition) is 3. The number of hydrogen-bond donors (Lipinski definition) is 2. The first-order valence-corrected chi connectivity index (χ1v) is 6.72. The smallest absolute Gasteiger partial charge is 0.254 e. The molecule has 20 heavy (non-hydrogen) atoms. The topological polar surface area (TPSA) is 62.5 Å². The zero-order chi connectivity index (χ0) is 14.4. The van der Waals surface area contributed by atoms with Gasteiger partial charge in [-0.3, -0.25) is 4.79 Å². The lowest BCUT2D eigenvalue weighted by Gasteiger charge is -2.15. The van der Waals surface area contributed by atoms with Gasteiger partial charge in [-0.1, -0.05) is 23.7 Å². The summed E-state index contributed by atoms with van der Waals surface area (Å²) in [4.78, 5) is 11.8. The number of carbonyl (C=O) groups is 1. The molecule has 0 saturated heterocycles. The van der Waals surface area contributed by atoms with Crippen LogP contribution in [0.5, 0.6) is 0 Å². The van der Waals surface area contributed by atoms with E-state index in [9.17, 15) is 9.90 Å². The second-order valence-electron chi connectivity index (χ2n) is 4.60. The molecule has 106 valence electrons. The van der Waals surface area contributed by atoms with Crippen LogP contribution in [0.4, 0.5) is 0 Å². The third kappa shape index (κ3) is 4.11. The van der Waals surface area contributed by atoms with Crippen LogP contribution in [0.2, 0.25) is 5.02 Å². The number of amides is 1. The molecule has 1 aromatic carbocycles. The van der Waals surface area contributed by atoms with E-state index in [2.05, 4.69) is 5.32 Å². The van der Waals surface area contributed by atoms with Gasteiger partial charge in [-0.15, -0.1) is 0 Å². The second kappa shape index (κ2) is 7.12. The number of furan rings is 1. The molecular weight excluding hydrogens is 278 g/mol. The van der Waals surface area contributed by atoms with Gasteiger partial charge in [0, 0.05) is 24.1 Å². The highest BCUT2D eigenvalue weighted by Crippen LogP contribution is 2.13. The van der Waals surface area contributed by atoms with Crippen molar-refractivity contribution in [3.05, 3.63) is 59.0 Å². The highest BCUT2D eigenvalue weighted by Gasteiger charge is 2.12. The number of rotatable bonds is 6. The van der Waals surface area contributed by atoms with E-state index >= 15 is 0 Å². The molecule has 0 unspecified atom stereocenters. The number of benzene rings is 1. The predicted octanol–water partition coefficient (Wildman–Crippen LogP) is 2.51. The lowest BCUT2D eigenvalue weighted by Crippen LogP contribution is -2.31. The van der Waals surface area contributed by atoms with Crippen LogP contribution in [0.1, 0.15) is 15.9 Å². The monoisotopic (exact) mass is 293 g/mol. The van der Waals surface area contributed by atoms with Crippen molar-refractivity contribution >= 4 is 17.5 Å². The van der Waals surface area contributed by atoms with Crippen molar-refractivity contribution < 1.29 is 14.3 Å². The van der Waals surface area contributed by atoms with Crippen LogP contribution >= 0.6 is 11.6 Å². The van der Waals surface area contributed by atoms with E-state index < -0.39 is 0 Å². The van der Waals surface area contributed by atoms with Gasteiger partial charge in [-0.05, 0) is 30.2 Å². The Morgan fingerprint density at radius 1 is 1.30 bits per heavy atom. The zero-order valence-electron chi connectivity index (χ0n) is 10.9. The summed E-state index contributed by atoms with van der Waals surface area (Å²) >= 11 is 5.83. The Hall–Kier alpha value is -1.78. The van der Waals surface area contributed by atoms with Gasteiger partial charge in [0.2, 0.25) is 0 Å². The summed E-state index contributed by atoms with van der Waals surface area (Å²) < 4.78 is 4.85. The zero-order valence-corrected chi connectivity index (χ0v) is 11.6. The summed E-state index contributed by atoms with van der Waals surface area (Å²) in [5, 5.41) is 12.9. The van der Waals surface area contributed by atoms with Crippen LogP contribution in [0.25, 0.3) is 0 Å². The first-order chi connectivity index (χ1) is 9.69. The summed E-state index contributed by atoms with van der Waals surface area (Å²) in [7, 11) is 0. The molecule has 4 nitrogen and oxygen atoms in total. The highest BCUT2D eigenvalue weighted by atomic mass is 35.5. The second-order valence-corrected chi connectivity index (χ2v) is 5.04. The molecule has 1 aromatic heterocycles. The quantitative estimate of drug-likeness (QED) is 0.860. The van der Waals surface area contributed by atoms with E-state index in [0.717, 1.165) is 5.56 Å². The minimum absolute atomic E-state index is 0.00823. The Balaban J connectivity index is 1.86. The van der Waals surface area contributed by atoms with Gasteiger partial charge in [0.05, 0.1) is 11.8 Å². The average molecular weight is 294 g/mol. The van der Waals surface area contributed by atoms with E-state index in [1.165, 1.54) is 12.5 Å². The van der Waals surface area contributed by atoms with E-state index in [-0.39, 0.29) is 18.4 Å².